The van der Waals surface area contributed by atoms with Gasteiger partial charge in [0.15, 0.2) is 0 Å². The molecule has 0 radical (unpaired) electrons. The Hall–Kier alpha value is -1.55. The van der Waals surface area contributed by atoms with Crippen LogP contribution in [0.3, 0.4) is 0 Å². The molecule has 1 aromatic rings. The highest BCUT2D eigenvalue weighted by molar-refractivity contribution is 5.94. The lowest BCUT2D eigenvalue weighted by atomic mass is 10.2. The molecule has 0 fully saturated rings. The first-order chi connectivity index (χ1) is 7.49. The van der Waals surface area contributed by atoms with Gasteiger partial charge in [0.25, 0.3) is 0 Å². The Morgan fingerprint density at radius 3 is 2.25 bits per heavy atom. The average molecular weight is 222 g/mol. The van der Waals surface area contributed by atoms with Gasteiger partial charge in [0, 0.05) is 5.69 Å². The third kappa shape index (κ3) is 3.90. The van der Waals surface area contributed by atoms with Crippen molar-refractivity contribution in [3.63, 3.8) is 0 Å². The molecule has 4 heteroatoms. The molecule has 16 heavy (non-hydrogen) atoms. The zero-order chi connectivity index (χ0) is 12.1. The summed E-state index contributed by atoms with van der Waals surface area (Å²) in [5, 5.41) is 2.70. The van der Waals surface area contributed by atoms with Gasteiger partial charge in [0.1, 0.15) is 5.75 Å². The molecule has 1 aromatic carbocycles. The SMILES string of the molecule is CC(C)Oc1ccc(NC(=O)[C@H](C)N)cc1. The van der Waals surface area contributed by atoms with Crippen LogP contribution in [0.1, 0.15) is 20.8 Å². The van der Waals surface area contributed by atoms with E-state index in [-0.39, 0.29) is 12.0 Å². The normalized spacial score (nSPS) is 12.3. The van der Waals surface area contributed by atoms with Crippen molar-refractivity contribution in [2.45, 2.75) is 32.9 Å². The zero-order valence-corrected chi connectivity index (χ0v) is 9.86. The van der Waals surface area contributed by atoms with E-state index >= 15 is 0 Å². The monoisotopic (exact) mass is 222 g/mol. The molecule has 0 saturated carbocycles. The summed E-state index contributed by atoms with van der Waals surface area (Å²) in [6, 6.07) is 6.70. The minimum Gasteiger partial charge on any atom is -0.491 e. The number of hydrogen-bond acceptors (Lipinski definition) is 3. The largest absolute Gasteiger partial charge is 0.491 e. The Kier molecular flexibility index (Phi) is 4.31. The van der Waals surface area contributed by atoms with Crippen molar-refractivity contribution in [1.82, 2.24) is 0 Å². The molecule has 0 saturated heterocycles. The fraction of sp³-hybridized carbons (Fsp3) is 0.417. The second kappa shape index (κ2) is 5.51. The Labute approximate surface area is 95.8 Å². The van der Waals surface area contributed by atoms with E-state index in [0.29, 0.717) is 0 Å². The van der Waals surface area contributed by atoms with Crippen LogP contribution in [0, 0.1) is 0 Å². The first kappa shape index (κ1) is 12.5. The molecule has 0 heterocycles. The number of anilines is 1. The summed E-state index contributed by atoms with van der Waals surface area (Å²) in [7, 11) is 0. The number of amides is 1. The van der Waals surface area contributed by atoms with E-state index in [1.165, 1.54) is 0 Å². The van der Waals surface area contributed by atoms with Crippen LogP contribution in [0.5, 0.6) is 5.75 Å². The molecule has 0 aliphatic heterocycles. The van der Waals surface area contributed by atoms with Crippen LogP contribution in [0.2, 0.25) is 0 Å². The summed E-state index contributed by atoms with van der Waals surface area (Å²) >= 11 is 0. The van der Waals surface area contributed by atoms with Crippen molar-refractivity contribution >= 4 is 11.6 Å². The zero-order valence-electron chi connectivity index (χ0n) is 9.86. The van der Waals surface area contributed by atoms with Crippen LogP contribution in [0.25, 0.3) is 0 Å². The third-order valence-electron chi connectivity index (χ3n) is 1.91. The molecule has 0 aliphatic carbocycles. The molecule has 3 N–H and O–H groups in total. The number of nitrogens with one attached hydrogen (secondary N) is 1. The number of rotatable bonds is 4. The van der Waals surface area contributed by atoms with E-state index < -0.39 is 6.04 Å². The Morgan fingerprint density at radius 1 is 1.25 bits per heavy atom. The van der Waals surface area contributed by atoms with Gasteiger partial charge in [0.2, 0.25) is 5.91 Å². The van der Waals surface area contributed by atoms with E-state index in [2.05, 4.69) is 5.32 Å². The highest BCUT2D eigenvalue weighted by atomic mass is 16.5. The van der Waals surface area contributed by atoms with Crippen LogP contribution in [0.15, 0.2) is 24.3 Å². The molecule has 4 nitrogen and oxygen atoms in total. The van der Waals surface area contributed by atoms with Gasteiger partial charge < -0.3 is 15.8 Å². The molecular formula is C12H18N2O2. The lowest BCUT2D eigenvalue weighted by molar-refractivity contribution is -0.117. The fourth-order valence-electron chi connectivity index (χ4n) is 1.15. The quantitative estimate of drug-likeness (QED) is 0.815. The predicted molar refractivity (Wildman–Crippen MR) is 64.5 cm³/mol. The second-order valence-corrected chi connectivity index (χ2v) is 3.97. The van der Waals surface area contributed by atoms with E-state index in [1.54, 1.807) is 19.1 Å². The lowest BCUT2D eigenvalue weighted by Crippen LogP contribution is -2.32. The molecule has 88 valence electrons. The standard InChI is InChI=1S/C12H18N2O2/c1-8(2)16-11-6-4-10(5-7-11)14-12(15)9(3)13/h4-9H,13H2,1-3H3,(H,14,15)/t9-/m0/s1. The van der Waals surface area contributed by atoms with Gasteiger partial charge in [-0.3, -0.25) is 4.79 Å². The second-order valence-electron chi connectivity index (χ2n) is 3.97. The van der Waals surface area contributed by atoms with E-state index in [9.17, 15) is 4.79 Å². The number of carbonyl (C=O) groups is 1. The highest BCUT2D eigenvalue weighted by Crippen LogP contribution is 2.16. The van der Waals surface area contributed by atoms with Gasteiger partial charge in [-0.1, -0.05) is 0 Å². The fourth-order valence-corrected chi connectivity index (χ4v) is 1.15. The molecule has 0 aromatic heterocycles. The topological polar surface area (TPSA) is 64.3 Å². The van der Waals surface area contributed by atoms with Gasteiger partial charge in [0.05, 0.1) is 12.1 Å². The van der Waals surface area contributed by atoms with Crippen molar-refractivity contribution in [3.8, 4) is 5.75 Å². The smallest absolute Gasteiger partial charge is 0.240 e. The number of nitrogens with two attached hydrogens (primary N) is 1. The first-order valence-electron chi connectivity index (χ1n) is 5.32. The molecule has 1 amide bonds. The van der Waals surface area contributed by atoms with Gasteiger partial charge >= 0.3 is 0 Å². The van der Waals surface area contributed by atoms with Crippen LogP contribution < -0.4 is 15.8 Å². The summed E-state index contributed by atoms with van der Waals surface area (Å²) in [4.78, 5) is 11.3. The molecule has 1 atom stereocenters. The number of carbonyl (C=O) groups excluding carboxylic acids is 1. The summed E-state index contributed by atoms with van der Waals surface area (Å²) in [6.07, 6.45) is 0.143. The number of hydrogen-bond donors (Lipinski definition) is 2. The molecule has 0 spiro atoms. The van der Waals surface area contributed by atoms with Crippen molar-refractivity contribution in [2.75, 3.05) is 5.32 Å². The summed E-state index contributed by atoms with van der Waals surface area (Å²) < 4.78 is 5.48. The molecule has 0 aliphatic rings. The molecular weight excluding hydrogens is 204 g/mol. The third-order valence-corrected chi connectivity index (χ3v) is 1.91. The molecule has 0 bridgehead atoms. The van der Waals surface area contributed by atoms with E-state index in [0.717, 1.165) is 11.4 Å². The van der Waals surface area contributed by atoms with E-state index in [1.807, 2.05) is 26.0 Å². The minimum atomic E-state index is -0.508. The van der Waals surface area contributed by atoms with Crippen molar-refractivity contribution in [3.05, 3.63) is 24.3 Å². The van der Waals surface area contributed by atoms with Crippen LogP contribution >= 0.6 is 0 Å². The van der Waals surface area contributed by atoms with Gasteiger partial charge in [-0.25, -0.2) is 0 Å². The van der Waals surface area contributed by atoms with Crippen molar-refractivity contribution < 1.29 is 9.53 Å². The highest BCUT2D eigenvalue weighted by Gasteiger charge is 2.07. The maximum atomic E-state index is 11.3. The lowest BCUT2D eigenvalue weighted by Gasteiger charge is -2.11. The minimum absolute atomic E-state index is 0.143. The van der Waals surface area contributed by atoms with Crippen molar-refractivity contribution in [2.24, 2.45) is 5.73 Å². The van der Waals surface area contributed by atoms with Gasteiger partial charge in [-0.15, -0.1) is 0 Å². The number of benzene rings is 1. The van der Waals surface area contributed by atoms with Crippen LogP contribution in [0.4, 0.5) is 5.69 Å². The summed E-state index contributed by atoms with van der Waals surface area (Å²) in [5.41, 5.74) is 6.16. The Balaban J connectivity index is 2.61. The first-order valence-corrected chi connectivity index (χ1v) is 5.32. The molecule has 1 rings (SSSR count). The summed E-state index contributed by atoms with van der Waals surface area (Å²) in [5.74, 6) is 0.589. The maximum absolute atomic E-state index is 11.3. The van der Waals surface area contributed by atoms with E-state index in [4.69, 9.17) is 10.5 Å². The Morgan fingerprint density at radius 2 is 1.81 bits per heavy atom. The average Bonchev–Trinajstić information content (AvgIpc) is 2.20. The number of ether oxygens (including phenoxy) is 1. The summed E-state index contributed by atoms with van der Waals surface area (Å²) in [6.45, 7) is 5.57. The maximum Gasteiger partial charge on any atom is 0.240 e. The Bertz CT molecular complexity index is 345. The predicted octanol–water partition coefficient (Wildman–Crippen LogP) is 1.76. The molecule has 0 unspecified atom stereocenters. The van der Waals surface area contributed by atoms with Gasteiger partial charge in [-0.2, -0.15) is 0 Å². The van der Waals surface area contributed by atoms with Crippen LogP contribution in [-0.4, -0.2) is 18.1 Å². The van der Waals surface area contributed by atoms with Crippen molar-refractivity contribution in [1.29, 1.82) is 0 Å². The van der Waals surface area contributed by atoms with Gasteiger partial charge in [-0.05, 0) is 45.0 Å². The van der Waals surface area contributed by atoms with Crippen LogP contribution in [-0.2, 0) is 4.79 Å².